The normalized spacial score (nSPS) is 34.6. The largest absolute Gasteiger partial charge is 0.380 e. The summed E-state index contributed by atoms with van der Waals surface area (Å²) in [5.41, 5.74) is 2.51. The van der Waals surface area contributed by atoms with E-state index in [9.17, 15) is 4.79 Å². The van der Waals surface area contributed by atoms with E-state index in [1.807, 2.05) is 0 Å². The summed E-state index contributed by atoms with van der Waals surface area (Å²) in [5, 5.41) is 3.30. The summed E-state index contributed by atoms with van der Waals surface area (Å²) in [4.78, 5) is 11.6. The molecule has 1 amide bonds. The van der Waals surface area contributed by atoms with Crippen LogP contribution in [0.5, 0.6) is 0 Å². The van der Waals surface area contributed by atoms with Gasteiger partial charge in [-0.3, -0.25) is 4.79 Å². The predicted octanol–water partition coefficient (Wildman–Crippen LogP) is 9.99. The lowest BCUT2D eigenvalue weighted by Crippen LogP contribution is -2.51. The Hall–Kier alpha value is -0.390. The summed E-state index contributed by atoms with van der Waals surface area (Å²) in [6, 6.07) is 0. The van der Waals surface area contributed by atoms with E-state index in [0.717, 1.165) is 48.5 Å². The molecule has 8 atom stereocenters. The molecule has 4 aliphatic rings. The molecule has 44 heavy (non-hydrogen) atoms. The van der Waals surface area contributed by atoms with Crippen LogP contribution in [-0.2, 0) is 14.3 Å². The lowest BCUT2D eigenvalue weighted by molar-refractivity contribution is -0.119. The molecule has 254 valence electrons. The number of nitrogens with one attached hydrogen (secondary N) is 1. The third-order valence-corrected chi connectivity index (χ3v) is 13.4. The van der Waals surface area contributed by atoms with Crippen LogP contribution in [0.1, 0.15) is 133 Å². The van der Waals surface area contributed by atoms with E-state index in [0.29, 0.717) is 42.0 Å². The SMILES string of the molecule is CC(C)CCCC(C)C1CCC2C3CC=C4CC(OCC(C)(C)COCC(C)(C)CNC(=O)CBr)CCC4(C)C3CCC12C. The van der Waals surface area contributed by atoms with E-state index in [2.05, 4.69) is 89.6 Å². The summed E-state index contributed by atoms with van der Waals surface area (Å²) in [5.74, 6) is 5.35. The van der Waals surface area contributed by atoms with Gasteiger partial charge in [0.1, 0.15) is 0 Å². The monoisotopic (exact) mass is 677 g/mol. The molecule has 0 spiro atoms. The van der Waals surface area contributed by atoms with Gasteiger partial charge in [-0.2, -0.15) is 0 Å². The third kappa shape index (κ3) is 8.55. The molecular formula is C39H68BrNO3. The first-order chi connectivity index (χ1) is 20.6. The smallest absolute Gasteiger partial charge is 0.230 e. The second kappa shape index (κ2) is 14.8. The van der Waals surface area contributed by atoms with E-state index in [1.165, 1.54) is 64.2 Å². The number of fused-ring (bicyclic) bond motifs is 5. The molecule has 4 aliphatic carbocycles. The first kappa shape index (κ1) is 36.4. The van der Waals surface area contributed by atoms with E-state index >= 15 is 0 Å². The van der Waals surface area contributed by atoms with Crippen molar-refractivity contribution < 1.29 is 14.3 Å². The number of amides is 1. The maximum atomic E-state index is 11.6. The van der Waals surface area contributed by atoms with Crippen molar-refractivity contribution >= 4 is 21.8 Å². The van der Waals surface area contributed by atoms with Crippen LogP contribution in [-0.4, -0.2) is 43.7 Å². The molecule has 3 saturated carbocycles. The zero-order valence-electron chi connectivity index (χ0n) is 30.0. The Bertz CT molecular complexity index is 990. The predicted molar refractivity (Wildman–Crippen MR) is 188 cm³/mol. The first-order valence-corrected chi connectivity index (χ1v) is 19.4. The van der Waals surface area contributed by atoms with Crippen molar-refractivity contribution in [1.82, 2.24) is 5.32 Å². The molecule has 0 aliphatic heterocycles. The summed E-state index contributed by atoms with van der Waals surface area (Å²) in [6.45, 7) is 24.1. The number of carbonyl (C=O) groups is 1. The number of carbonyl (C=O) groups excluding carboxylic acids is 1. The van der Waals surface area contributed by atoms with Crippen molar-refractivity contribution in [1.29, 1.82) is 0 Å². The van der Waals surface area contributed by atoms with Crippen molar-refractivity contribution in [3.8, 4) is 0 Å². The van der Waals surface area contributed by atoms with Gasteiger partial charge >= 0.3 is 0 Å². The zero-order valence-corrected chi connectivity index (χ0v) is 31.6. The zero-order chi connectivity index (χ0) is 32.3. The second-order valence-electron chi connectivity index (χ2n) is 18.2. The van der Waals surface area contributed by atoms with Gasteiger partial charge in [-0.25, -0.2) is 0 Å². The summed E-state index contributed by atoms with van der Waals surface area (Å²) in [6.07, 6.45) is 18.0. The van der Waals surface area contributed by atoms with Crippen molar-refractivity contribution in [3.05, 3.63) is 11.6 Å². The Morgan fingerprint density at radius 3 is 2.41 bits per heavy atom. The van der Waals surface area contributed by atoms with Crippen LogP contribution >= 0.6 is 15.9 Å². The Morgan fingerprint density at radius 2 is 1.70 bits per heavy atom. The molecule has 0 bridgehead atoms. The topological polar surface area (TPSA) is 47.6 Å². The molecule has 0 aromatic carbocycles. The molecule has 0 saturated heterocycles. The maximum absolute atomic E-state index is 11.6. The number of hydrogen-bond donors (Lipinski definition) is 1. The fourth-order valence-corrected chi connectivity index (χ4v) is 10.4. The number of ether oxygens (including phenoxy) is 2. The highest BCUT2D eigenvalue weighted by Gasteiger charge is 2.59. The van der Waals surface area contributed by atoms with Crippen LogP contribution in [0, 0.1) is 57.2 Å². The number of hydrogen-bond acceptors (Lipinski definition) is 3. The second-order valence-corrected chi connectivity index (χ2v) is 18.8. The molecule has 0 aromatic heterocycles. The number of rotatable bonds is 15. The molecule has 0 radical (unpaired) electrons. The molecule has 0 aromatic rings. The van der Waals surface area contributed by atoms with Crippen LogP contribution in [0.25, 0.3) is 0 Å². The van der Waals surface area contributed by atoms with Crippen molar-refractivity contribution in [3.63, 3.8) is 0 Å². The minimum absolute atomic E-state index is 0.0191. The molecule has 1 N–H and O–H groups in total. The van der Waals surface area contributed by atoms with Crippen LogP contribution in [0.2, 0.25) is 0 Å². The molecule has 0 heterocycles. The third-order valence-electron chi connectivity index (χ3n) is 12.8. The Kier molecular flexibility index (Phi) is 12.3. The summed E-state index contributed by atoms with van der Waals surface area (Å²) < 4.78 is 12.8. The number of halogens is 1. The lowest BCUT2D eigenvalue weighted by atomic mass is 9.47. The Balaban J connectivity index is 1.28. The van der Waals surface area contributed by atoms with Gasteiger partial charge in [0, 0.05) is 17.4 Å². The molecule has 5 heteroatoms. The molecule has 3 fully saturated rings. The van der Waals surface area contributed by atoms with Crippen molar-refractivity contribution in [2.75, 3.05) is 31.7 Å². The van der Waals surface area contributed by atoms with Gasteiger partial charge in [-0.1, -0.05) is 109 Å². The van der Waals surface area contributed by atoms with E-state index in [4.69, 9.17) is 9.47 Å². The maximum Gasteiger partial charge on any atom is 0.230 e. The lowest BCUT2D eigenvalue weighted by Gasteiger charge is -2.58. The molecule has 4 rings (SSSR count). The highest BCUT2D eigenvalue weighted by molar-refractivity contribution is 9.09. The van der Waals surface area contributed by atoms with Crippen LogP contribution in [0.15, 0.2) is 11.6 Å². The van der Waals surface area contributed by atoms with Crippen LogP contribution in [0.4, 0.5) is 0 Å². The first-order valence-electron chi connectivity index (χ1n) is 18.3. The van der Waals surface area contributed by atoms with Gasteiger partial charge in [0.25, 0.3) is 0 Å². The standard InChI is InChI=1S/C39H68BrNO3/c1-27(2)11-10-12-28(3)32-15-16-33-31-14-13-29-21-30(17-19-38(29,8)34(31)18-20-39(32,33)9)44-26-37(6,7)25-43-24-36(4,5)23-41-35(42)22-40/h13,27-28,30-34H,10-12,14-26H2,1-9H3,(H,41,42). The summed E-state index contributed by atoms with van der Waals surface area (Å²) >= 11 is 3.21. The fraction of sp³-hybridized carbons (Fsp3) is 0.923. The molecular weight excluding hydrogens is 610 g/mol. The van der Waals surface area contributed by atoms with Gasteiger partial charge in [-0.05, 0) is 97.7 Å². The number of allylic oxidation sites excluding steroid dienone is 1. The van der Waals surface area contributed by atoms with Crippen LogP contribution in [0.3, 0.4) is 0 Å². The average molecular weight is 679 g/mol. The molecule has 8 unspecified atom stereocenters. The minimum Gasteiger partial charge on any atom is -0.380 e. The van der Waals surface area contributed by atoms with E-state index in [-0.39, 0.29) is 16.7 Å². The van der Waals surface area contributed by atoms with Gasteiger partial charge < -0.3 is 14.8 Å². The number of alkyl halides is 1. The van der Waals surface area contributed by atoms with Crippen molar-refractivity contribution in [2.24, 2.45) is 57.2 Å². The van der Waals surface area contributed by atoms with Gasteiger partial charge in [0.15, 0.2) is 0 Å². The van der Waals surface area contributed by atoms with E-state index < -0.39 is 0 Å². The van der Waals surface area contributed by atoms with E-state index in [1.54, 1.807) is 5.57 Å². The highest BCUT2D eigenvalue weighted by Crippen LogP contribution is 2.67. The fourth-order valence-electron chi connectivity index (χ4n) is 10.2. The van der Waals surface area contributed by atoms with Gasteiger partial charge in [0.05, 0.1) is 31.3 Å². The molecule has 4 nitrogen and oxygen atoms in total. The summed E-state index contributed by atoms with van der Waals surface area (Å²) in [7, 11) is 0. The van der Waals surface area contributed by atoms with Crippen LogP contribution < -0.4 is 5.32 Å². The average Bonchev–Trinajstić information content (AvgIpc) is 3.31. The quantitative estimate of drug-likeness (QED) is 0.139. The van der Waals surface area contributed by atoms with Gasteiger partial charge in [0.2, 0.25) is 5.91 Å². The van der Waals surface area contributed by atoms with Crippen molar-refractivity contribution in [2.45, 2.75) is 139 Å². The Morgan fingerprint density at radius 1 is 0.977 bits per heavy atom. The highest BCUT2D eigenvalue weighted by atomic mass is 79.9. The Labute approximate surface area is 280 Å². The minimum atomic E-state index is -0.102. The van der Waals surface area contributed by atoms with Gasteiger partial charge in [-0.15, -0.1) is 0 Å².